The fourth-order valence-corrected chi connectivity index (χ4v) is 2.28. The molecule has 3 rings (SSSR count). The van der Waals surface area contributed by atoms with E-state index in [0.717, 1.165) is 5.52 Å². The Balaban J connectivity index is 1.78. The number of nitrogens with zero attached hydrogens (tertiary/aromatic N) is 6. The van der Waals surface area contributed by atoms with Gasteiger partial charge in [0.15, 0.2) is 0 Å². The molecule has 1 unspecified atom stereocenters. The zero-order chi connectivity index (χ0) is 15.5. The number of fused-ring (bicyclic) bond motifs is 1. The van der Waals surface area contributed by atoms with Crippen molar-refractivity contribution in [2.75, 3.05) is 5.14 Å². The normalized spacial score (nSPS) is 12.6. The maximum absolute atomic E-state index is 11.2. The van der Waals surface area contributed by atoms with Crippen molar-refractivity contribution in [1.82, 2.24) is 24.4 Å². The summed E-state index contributed by atoms with van der Waals surface area (Å²) >= 11 is 0. The van der Waals surface area contributed by atoms with Gasteiger partial charge in [0.1, 0.15) is 5.52 Å². The van der Waals surface area contributed by atoms with E-state index >= 15 is 0 Å². The number of carboxylic acids is 1. The summed E-state index contributed by atoms with van der Waals surface area (Å²) in [6.45, 7) is -0.0946. The predicted molar refractivity (Wildman–Crippen MR) is 77.4 cm³/mol. The molecule has 1 aromatic carbocycles. The van der Waals surface area contributed by atoms with Crippen molar-refractivity contribution in [2.45, 2.75) is 6.73 Å². The van der Waals surface area contributed by atoms with E-state index < -0.39 is 22.5 Å². The number of hydrogen-bond donors (Lipinski definition) is 2. The van der Waals surface area contributed by atoms with Gasteiger partial charge < -0.3 is 9.94 Å². The van der Waals surface area contributed by atoms with Gasteiger partial charge in [-0.15, -0.1) is 10.2 Å². The first kappa shape index (κ1) is 14.0. The summed E-state index contributed by atoms with van der Waals surface area (Å²) in [5.74, 6) is -1.37. The molecule has 2 aromatic heterocycles. The van der Waals surface area contributed by atoms with Crippen LogP contribution in [0.4, 0.5) is 0 Å². The van der Waals surface area contributed by atoms with Gasteiger partial charge in [-0.1, -0.05) is 22.5 Å². The largest absolute Gasteiger partial charge is 0.476 e. The highest BCUT2D eigenvalue weighted by Gasteiger charge is 2.22. The highest BCUT2D eigenvalue weighted by Crippen LogP contribution is 2.10. The molecule has 0 aliphatic rings. The molecule has 22 heavy (non-hydrogen) atoms. The minimum Gasteiger partial charge on any atom is -0.476 e. The van der Waals surface area contributed by atoms with Crippen LogP contribution < -0.4 is 5.14 Å². The summed E-state index contributed by atoms with van der Waals surface area (Å²) in [6.07, 6.45) is 0. The van der Waals surface area contributed by atoms with Crippen LogP contribution in [0, 0.1) is 0 Å². The van der Waals surface area contributed by atoms with E-state index in [1.54, 1.807) is 6.07 Å². The van der Waals surface area contributed by atoms with Gasteiger partial charge in [0, 0.05) is 4.37 Å². The van der Waals surface area contributed by atoms with Gasteiger partial charge in [-0.05, 0) is 12.1 Å². The van der Waals surface area contributed by atoms with Gasteiger partial charge >= 0.3 is 5.97 Å². The van der Waals surface area contributed by atoms with Crippen molar-refractivity contribution >= 4 is 33.6 Å². The van der Waals surface area contributed by atoms with Gasteiger partial charge in [-0.3, -0.25) is 0 Å². The van der Waals surface area contributed by atoms with Crippen molar-refractivity contribution in [3.63, 3.8) is 0 Å². The lowest BCUT2D eigenvalue weighted by molar-refractivity contribution is -0.129. The van der Waals surface area contributed by atoms with Crippen LogP contribution in [0.2, 0.25) is 0 Å². The number of hydrogen-bond acceptors (Lipinski definition) is 8. The molecule has 3 aromatic rings. The molecule has 3 N–H and O–H groups in total. The van der Waals surface area contributed by atoms with Crippen LogP contribution >= 0.6 is 10.9 Å². The smallest absolute Gasteiger partial charge is 0.362 e. The predicted octanol–water partition coefficient (Wildman–Crippen LogP) is 0.147. The lowest BCUT2D eigenvalue weighted by Crippen LogP contribution is -2.17. The Morgan fingerprint density at radius 1 is 1.45 bits per heavy atom. The quantitative estimate of drug-likeness (QED) is 0.384. The summed E-state index contributed by atoms with van der Waals surface area (Å²) < 4.78 is 5.30. The van der Waals surface area contributed by atoms with E-state index in [1.807, 2.05) is 18.2 Å². The number of nitrogens with two attached hydrogens (primary N) is 1. The van der Waals surface area contributed by atoms with Crippen molar-refractivity contribution in [3.8, 4) is 0 Å². The topological polar surface area (TPSA) is 141 Å². The Morgan fingerprint density at radius 3 is 3.00 bits per heavy atom. The average molecular weight is 320 g/mol. The first-order chi connectivity index (χ1) is 10.6. The summed E-state index contributed by atoms with van der Waals surface area (Å²) in [5, 5.41) is 26.0. The molecule has 1 atom stereocenters. The lowest BCUT2D eigenvalue weighted by Gasteiger charge is -2.01. The third kappa shape index (κ3) is 2.75. The van der Waals surface area contributed by atoms with Gasteiger partial charge in [0.05, 0.1) is 5.52 Å². The zero-order valence-electron chi connectivity index (χ0n) is 11.0. The molecular weight excluding hydrogens is 310 g/mol. The fourth-order valence-electron chi connectivity index (χ4n) is 1.69. The molecule has 0 saturated carbocycles. The van der Waals surface area contributed by atoms with Crippen molar-refractivity contribution < 1.29 is 14.7 Å². The van der Waals surface area contributed by atoms with Crippen LogP contribution in [0.1, 0.15) is 5.82 Å². The number of oxime groups is 1. The van der Waals surface area contributed by atoms with E-state index in [2.05, 4.69) is 24.8 Å². The Labute approximate surface area is 126 Å². The number of rotatable bonds is 5. The van der Waals surface area contributed by atoms with Crippen LogP contribution in [-0.4, -0.2) is 41.1 Å². The molecule has 112 valence electrons. The standard InChI is InChI=1S/C11H9N7O3S/c12-22-5-13-10(16-22)9(11(19)20)15-21-6-18-8-4-2-1-3-7(8)14-17-18/h1-5,12H,6H2,(H,19,20)/p+1. The first-order valence-corrected chi connectivity index (χ1v) is 7.28. The number of carbonyl (C=O) groups is 1. The van der Waals surface area contributed by atoms with Crippen molar-refractivity contribution in [1.29, 1.82) is 0 Å². The number of aliphatic carboxylic acids is 1. The zero-order valence-corrected chi connectivity index (χ0v) is 11.8. The Hall–Kier alpha value is -2.92. The summed E-state index contributed by atoms with van der Waals surface area (Å²) in [7, 11) is -0.925. The molecule has 0 fully saturated rings. The Bertz CT molecular complexity index is 856. The number of para-hydroxylation sites is 1. The Morgan fingerprint density at radius 2 is 2.27 bits per heavy atom. The van der Waals surface area contributed by atoms with Crippen molar-refractivity contribution in [3.05, 3.63) is 35.6 Å². The maximum atomic E-state index is 11.2. The second-order valence-corrected chi connectivity index (χ2v) is 5.16. The molecule has 0 aliphatic carbocycles. The fraction of sp³-hybridized carbons (Fsp3) is 0.0909. The summed E-state index contributed by atoms with van der Waals surface area (Å²) in [6, 6.07) is 7.28. The SMILES string of the molecule is N[s+]1cnc(C(=NOCn2nnc3ccccc32)C(=O)O)n1. The van der Waals surface area contributed by atoms with Gasteiger partial charge in [0.2, 0.25) is 23.3 Å². The van der Waals surface area contributed by atoms with Crippen LogP contribution in [0.5, 0.6) is 0 Å². The second-order valence-electron chi connectivity index (χ2n) is 4.08. The number of carboxylic acid groups (broad SMARTS) is 1. The van der Waals surface area contributed by atoms with E-state index in [9.17, 15) is 4.79 Å². The first-order valence-electron chi connectivity index (χ1n) is 5.97. The summed E-state index contributed by atoms with van der Waals surface area (Å²) in [4.78, 5) is 20.0. The van der Waals surface area contributed by atoms with Crippen LogP contribution in [0.15, 0.2) is 34.9 Å². The maximum Gasteiger partial charge on any atom is 0.362 e. The molecule has 0 saturated heterocycles. The van der Waals surface area contributed by atoms with Gasteiger partial charge in [-0.25, -0.2) is 9.48 Å². The minimum atomic E-state index is -1.31. The van der Waals surface area contributed by atoms with Crippen molar-refractivity contribution in [2.24, 2.45) is 5.16 Å². The lowest BCUT2D eigenvalue weighted by atomic mass is 10.3. The average Bonchev–Trinajstić information content (AvgIpc) is 3.10. The molecule has 0 bridgehead atoms. The molecule has 2 heterocycles. The van der Waals surface area contributed by atoms with E-state index in [-0.39, 0.29) is 12.6 Å². The molecule has 0 amide bonds. The third-order valence-corrected chi connectivity index (χ3v) is 3.35. The van der Waals surface area contributed by atoms with Gasteiger partial charge in [-0.2, -0.15) is 4.98 Å². The molecular formula is C11H10N7O3S+. The van der Waals surface area contributed by atoms with Crippen LogP contribution in [0.25, 0.3) is 11.0 Å². The monoisotopic (exact) mass is 320 g/mol. The number of benzene rings is 1. The molecule has 0 radical (unpaired) electrons. The van der Waals surface area contributed by atoms with E-state index in [4.69, 9.17) is 15.1 Å². The van der Waals surface area contributed by atoms with Gasteiger partial charge in [0.25, 0.3) is 11.3 Å². The third-order valence-electron chi connectivity index (χ3n) is 2.65. The molecule has 0 aliphatic heterocycles. The molecule has 11 heteroatoms. The molecule has 0 spiro atoms. The number of nitrogen functional groups attached to an aromatic ring is 1. The Kier molecular flexibility index (Phi) is 3.72. The highest BCUT2D eigenvalue weighted by atomic mass is 32.2. The van der Waals surface area contributed by atoms with Crippen LogP contribution in [-0.2, 0) is 16.4 Å². The van der Waals surface area contributed by atoms with Crippen LogP contribution in [0.3, 0.4) is 0 Å². The highest BCUT2D eigenvalue weighted by molar-refractivity contribution is 7.24. The second kappa shape index (κ2) is 5.83. The number of aromatic nitrogens is 5. The van der Waals surface area contributed by atoms with E-state index in [1.165, 1.54) is 10.2 Å². The van der Waals surface area contributed by atoms with E-state index in [0.29, 0.717) is 5.52 Å². The molecule has 10 nitrogen and oxygen atoms in total. The minimum absolute atomic E-state index is 0.0678. The summed E-state index contributed by atoms with van der Waals surface area (Å²) in [5.41, 5.74) is 2.37.